The van der Waals surface area contributed by atoms with Gasteiger partial charge in [-0.1, -0.05) is 32.9 Å². The first-order valence-electron chi connectivity index (χ1n) is 6.50. The predicted molar refractivity (Wildman–Crippen MR) is 75.8 cm³/mol. The van der Waals surface area contributed by atoms with Crippen molar-refractivity contribution in [3.63, 3.8) is 0 Å². The van der Waals surface area contributed by atoms with Crippen molar-refractivity contribution in [2.45, 2.75) is 33.1 Å². The van der Waals surface area contributed by atoms with Crippen molar-refractivity contribution in [2.75, 3.05) is 19.6 Å². The van der Waals surface area contributed by atoms with Crippen LogP contribution in [-0.4, -0.2) is 30.4 Å². The first-order valence-corrected chi connectivity index (χ1v) is 6.50. The molecule has 0 atom stereocenters. The number of hydrogen-bond donors (Lipinski definition) is 1. The predicted octanol–water partition coefficient (Wildman–Crippen LogP) is 2.40. The van der Waals surface area contributed by atoms with Gasteiger partial charge in [0.2, 0.25) is 0 Å². The monoisotopic (exact) mass is 248 g/mol. The van der Waals surface area contributed by atoms with Gasteiger partial charge in [-0.05, 0) is 30.0 Å². The van der Waals surface area contributed by atoms with E-state index in [0.717, 1.165) is 5.56 Å². The summed E-state index contributed by atoms with van der Waals surface area (Å²) < 4.78 is 0. The fourth-order valence-electron chi connectivity index (χ4n) is 1.85. The first-order chi connectivity index (χ1) is 8.40. The Morgan fingerprint density at radius 2 is 1.78 bits per heavy atom. The number of benzene rings is 1. The normalized spacial score (nSPS) is 11.4. The Hall–Kier alpha value is -1.35. The smallest absolute Gasteiger partial charge is 0.253 e. The number of nitrogens with two attached hydrogens (primary N) is 1. The highest BCUT2D eigenvalue weighted by Crippen LogP contribution is 2.22. The van der Waals surface area contributed by atoms with E-state index in [1.54, 1.807) is 4.90 Å². The van der Waals surface area contributed by atoms with Gasteiger partial charge in [0.1, 0.15) is 0 Å². The molecule has 0 saturated carbocycles. The Balaban J connectivity index is 2.88. The minimum atomic E-state index is 0.0587. The van der Waals surface area contributed by atoms with Gasteiger partial charge in [0.05, 0.1) is 0 Å². The van der Waals surface area contributed by atoms with Crippen molar-refractivity contribution < 1.29 is 4.79 Å². The maximum atomic E-state index is 12.2. The van der Waals surface area contributed by atoms with E-state index >= 15 is 0 Å². The van der Waals surface area contributed by atoms with Crippen molar-refractivity contribution in [3.05, 3.63) is 35.4 Å². The lowest BCUT2D eigenvalue weighted by Gasteiger charge is -2.22. The number of nitrogens with zero attached hydrogens (tertiary/aromatic N) is 1. The van der Waals surface area contributed by atoms with Crippen LogP contribution in [0.15, 0.2) is 24.3 Å². The zero-order valence-electron chi connectivity index (χ0n) is 11.9. The summed E-state index contributed by atoms with van der Waals surface area (Å²) in [6, 6.07) is 7.87. The average molecular weight is 248 g/mol. The van der Waals surface area contributed by atoms with Crippen LogP contribution in [0.25, 0.3) is 0 Å². The largest absolute Gasteiger partial charge is 0.338 e. The van der Waals surface area contributed by atoms with Gasteiger partial charge in [-0.2, -0.15) is 0 Å². The number of rotatable bonds is 4. The topological polar surface area (TPSA) is 46.3 Å². The van der Waals surface area contributed by atoms with Crippen LogP contribution >= 0.6 is 0 Å². The lowest BCUT2D eigenvalue weighted by Crippen LogP contribution is -2.35. The van der Waals surface area contributed by atoms with E-state index in [1.165, 1.54) is 5.56 Å². The Morgan fingerprint density at radius 3 is 2.17 bits per heavy atom. The van der Waals surface area contributed by atoms with E-state index in [-0.39, 0.29) is 11.3 Å². The second-order valence-corrected chi connectivity index (χ2v) is 5.50. The van der Waals surface area contributed by atoms with E-state index in [0.29, 0.717) is 19.6 Å². The van der Waals surface area contributed by atoms with Crippen molar-refractivity contribution in [1.29, 1.82) is 0 Å². The molecule has 1 amide bonds. The number of carbonyl (C=O) groups is 1. The molecule has 0 saturated heterocycles. The summed E-state index contributed by atoms with van der Waals surface area (Å²) in [5.41, 5.74) is 7.59. The quantitative estimate of drug-likeness (QED) is 0.889. The highest BCUT2D eigenvalue weighted by molar-refractivity contribution is 5.94. The van der Waals surface area contributed by atoms with Crippen LogP contribution in [0.2, 0.25) is 0 Å². The highest BCUT2D eigenvalue weighted by atomic mass is 16.2. The molecular weight excluding hydrogens is 224 g/mol. The summed E-state index contributed by atoms with van der Waals surface area (Å²) in [4.78, 5) is 14.0. The van der Waals surface area contributed by atoms with Crippen LogP contribution in [0.5, 0.6) is 0 Å². The summed E-state index contributed by atoms with van der Waals surface area (Å²) in [7, 11) is 0. The number of amides is 1. The van der Waals surface area contributed by atoms with Crippen LogP contribution in [0.4, 0.5) is 0 Å². The van der Waals surface area contributed by atoms with Crippen molar-refractivity contribution in [1.82, 2.24) is 4.90 Å². The van der Waals surface area contributed by atoms with E-state index in [1.807, 2.05) is 31.2 Å². The molecular formula is C15H24N2O. The van der Waals surface area contributed by atoms with Crippen molar-refractivity contribution in [3.8, 4) is 0 Å². The highest BCUT2D eigenvalue weighted by Gasteiger charge is 2.16. The lowest BCUT2D eigenvalue weighted by atomic mass is 9.86. The van der Waals surface area contributed by atoms with Crippen LogP contribution in [-0.2, 0) is 5.41 Å². The van der Waals surface area contributed by atoms with Gasteiger partial charge < -0.3 is 10.6 Å². The Labute approximate surface area is 110 Å². The van der Waals surface area contributed by atoms with Crippen LogP contribution in [0.1, 0.15) is 43.6 Å². The lowest BCUT2D eigenvalue weighted by molar-refractivity contribution is 0.0769. The molecule has 0 aliphatic carbocycles. The van der Waals surface area contributed by atoms with Crippen LogP contribution in [0, 0.1) is 0 Å². The molecule has 2 N–H and O–H groups in total. The van der Waals surface area contributed by atoms with Gasteiger partial charge >= 0.3 is 0 Å². The molecule has 0 radical (unpaired) electrons. The standard InChI is InChI=1S/C15H24N2O/c1-5-17(11-10-16)14(18)12-6-8-13(9-7-12)15(2,3)4/h6-9H,5,10-11,16H2,1-4H3. The van der Waals surface area contributed by atoms with Gasteiger partial charge in [-0.15, -0.1) is 0 Å². The molecule has 0 bridgehead atoms. The van der Waals surface area contributed by atoms with Gasteiger partial charge in [0.25, 0.3) is 5.91 Å². The molecule has 18 heavy (non-hydrogen) atoms. The molecule has 0 spiro atoms. The van der Waals surface area contributed by atoms with Crippen molar-refractivity contribution >= 4 is 5.91 Å². The Bertz CT molecular complexity index is 390. The van der Waals surface area contributed by atoms with Gasteiger partial charge in [0, 0.05) is 25.2 Å². The van der Waals surface area contributed by atoms with Crippen LogP contribution in [0.3, 0.4) is 0 Å². The second kappa shape index (κ2) is 6.01. The fraction of sp³-hybridized carbons (Fsp3) is 0.533. The molecule has 1 aromatic carbocycles. The first kappa shape index (κ1) is 14.7. The molecule has 0 aromatic heterocycles. The average Bonchev–Trinajstić information content (AvgIpc) is 2.34. The molecule has 0 unspecified atom stereocenters. The number of hydrogen-bond acceptors (Lipinski definition) is 2. The van der Waals surface area contributed by atoms with E-state index in [2.05, 4.69) is 20.8 Å². The van der Waals surface area contributed by atoms with Crippen molar-refractivity contribution in [2.24, 2.45) is 5.73 Å². The molecule has 1 aromatic rings. The maximum Gasteiger partial charge on any atom is 0.253 e. The van der Waals surface area contributed by atoms with E-state index < -0.39 is 0 Å². The molecule has 0 aliphatic heterocycles. The van der Waals surface area contributed by atoms with E-state index in [4.69, 9.17) is 5.73 Å². The minimum Gasteiger partial charge on any atom is -0.338 e. The third kappa shape index (κ3) is 3.57. The summed E-state index contributed by atoms with van der Waals surface area (Å²) in [6.45, 7) is 10.3. The molecule has 0 aliphatic rings. The zero-order valence-corrected chi connectivity index (χ0v) is 11.9. The number of carbonyl (C=O) groups excluding carboxylic acids is 1. The van der Waals surface area contributed by atoms with Gasteiger partial charge in [-0.3, -0.25) is 4.79 Å². The third-order valence-corrected chi connectivity index (χ3v) is 3.07. The summed E-state index contributed by atoms with van der Waals surface area (Å²) in [5, 5.41) is 0. The third-order valence-electron chi connectivity index (χ3n) is 3.07. The number of likely N-dealkylation sites (N-methyl/N-ethyl adjacent to an activating group) is 1. The maximum absolute atomic E-state index is 12.2. The SMILES string of the molecule is CCN(CCN)C(=O)c1ccc(C(C)(C)C)cc1. The Morgan fingerprint density at radius 1 is 1.22 bits per heavy atom. The second-order valence-electron chi connectivity index (χ2n) is 5.50. The summed E-state index contributed by atoms with van der Waals surface area (Å²) in [6.07, 6.45) is 0. The molecule has 3 heteroatoms. The van der Waals surface area contributed by atoms with E-state index in [9.17, 15) is 4.79 Å². The van der Waals surface area contributed by atoms with Gasteiger partial charge in [-0.25, -0.2) is 0 Å². The zero-order chi connectivity index (χ0) is 13.8. The molecule has 100 valence electrons. The molecule has 0 fully saturated rings. The van der Waals surface area contributed by atoms with Gasteiger partial charge in [0.15, 0.2) is 0 Å². The van der Waals surface area contributed by atoms with Crippen LogP contribution < -0.4 is 5.73 Å². The Kier molecular flexibility index (Phi) is 4.91. The molecule has 3 nitrogen and oxygen atoms in total. The summed E-state index contributed by atoms with van der Waals surface area (Å²) >= 11 is 0. The minimum absolute atomic E-state index is 0.0587. The molecule has 1 rings (SSSR count). The fourth-order valence-corrected chi connectivity index (χ4v) is 1.85. The molecule has 0 heterocycles. The summed E-state index contributed by atoms with van der Waals surface area (Å²) in [5.74, 6) is 0.0587.